The lowest BCUT2D eigenvalue weighted by molar-refractivity contribution is -0.127. The molecule has 2 heterocycles. The number of carbonyl (C=O) groups excluding carboxylic acids is 1. The van der Waals surface area contributed by atoms with E-state index in [4.69, 9.17) is 11.6 Å². The monoisotopic (exact) mass is 414 g/mol. The predicted molar refractivity (Wildman–Crippen MR) is 100 cm³/mol. The highest BCUT2D eigenvalue weighted by molar-refractivity contribution is 7.91. The maximum atomic E-state index is 13.1. The van der Waals surface area contributed by atoms with Crippen molar-refractivity contribution in [3.8, 4) is 0 Å². The first-order valence-electron chi connectivity index (χ1n) is 7.84. The van der Waals surface area contributed by atoms with Crippen LogP contribution in [0.3, 0.4) is 0 Å². The van der Waals surface area contributed by atoms with Crippen LogP contribution in [0.2, 0.25) is 4.34 Å². The van der Waals surface area contributed by atoms with Crippen molar-refractivity contribution < 1.29 is 17.6 Å². The Balaban J connectivity index is 1.60. The fraction of sp³-hybridized carbons (Fsp3) is 0.235. The number of sulfonamides is 1. The lowest BCUT2D eigenvalue weighted by Crippen LogP contribution is -2.50. The molecule has 0 atom stereocenters. The fourth-order valence-electron chi connectivity index (χ4n) is 2.60. The first kappa shape index (κ1) is 19.0. The number of rotatable bonds is 4. The highest BCUT2D eigenvalue weighted by Crippen LogP contribution is 2.28. The SMILES string of the molecule is O=C(/C=C/c1cccc(F)c1)N1CCN(S(=O)(=O)c2ccc(Cl)s2)CC1. The molecule has 0 spiro atoms. The highest BCUT2D eigenvalue weighted by Gasteiger charge is 2.30. The number of carbonyl (C=O) groups is 1. The van der Waals surface area contributed by atoms with Crippen LogP contribution in [0.5, 0.6) is 0 Å². The van der Waals surface area contributed by atoms with E-state index in [1.165, 1.54) is 28.6 Å². The molecule has 1 aliphatic heterocycles. The zero-order valence-corrected chi connectivity index (χ0v) is 16.0. The van der Waals surface area contributed by atoms with E-state index in [0.717, 1.165) is 11.3 Å². The number of amides is 1. The first-order chi connectivity index (χ1) is 12.4. The van der Waals surface area contributed by atoms with Gasteiger partial charge in [-0.05, 0) is 35.9 Å². The molecule has 0 N–H and O–H groups in total. The Kier molecular flexibility index (Phi) is 5.76. The molecule has 1 aromatic carbocycles. The normalized spacial score (nSPS) is 16.3. The van der Waals surface area contributed by atoms with Gasteiger partial charge in [0.2, 0.25) is 5.91 Å². The van der Waals surface area contributed by atoms with Crippen molar-refractivity contribution in [1.82, 2.24) is 9.21 Å². The van der Waals surface area contributed by atoms with E-state index in [1.807, 2.05) is 0 Å². The quantitative estimate of drug-likeness (QED) is 0.722. The summed E-state index contributed by atoms with van der Waals surface area (Å²) in [7, 11) is -3.58. The minimum atomic E-state index is -3.58. The topological polar surface area (TPSA) is 57.7 Å². The van der Waals surface area contributed by atoms with E-state index in [0.29, 0.717) is 23.0 Å². The molecular weight excluding hydrogens is 399 g/mol. The van der Waals surface area contributed by atoms with Crippen LogP contribution in [-0.2, 0) is 14.8 Å². The number of benzene rings is 1. The fourth-order valence-corrected chi connectivity index (χ4v) is 5.65. The Labute approximate surface area is 160 Å². The van der Waals surface area contributed by atoms with Gasteiger partial charge in [-0.15, -0.1) is 11.3 Å². The zero-order valence-electron chi connectivity index (χ0n) is 13.6. The third kappa shape index (κ3) is 4.32. The molecule has 0 unspecified atom stereocenters. The van der Waals surface area contributed by atoms with E-state index in [2.05, 4.69) is 0 Å². The molecule has 0 saturated carbocycles. The number of piperazine rings is 1. The van der Waals surface area contributed by atoms with Gasteiger partial charge < -0.3 is 4.90 Å². The van der Waals surface area contributed by atoms with Crippen molar-refractivity contribution >= 4 is 44.9 Å². The standard InChI is InChI=1S/C17H16ClFN2O3S2/c18-15-5-7-17(25-15)26(23,24)21-10-8-20(9-11-21)16(22)6-4-13-2-1-3-14(19)12-13/h1-7,12H,8-11H2/b6-4+. The Hall–Kier alpha value is -1.74. The van der Waals surface area contributed by atoms with E-state index in [1.54, 1.807) is 29.2 Å². The molecule has 5 nitrogen and oxygen atoms in total. The summed E-state index contributed by atoms with van der Waals surface area (Å²) in [5.41, 5.74) is 0.592. The van der Waals surface area contributed by atoms with Crippen LogP contribution >= 0.6 is 22.9 Å². The molecule has 1 aromatic heterocycles. The molecule has 1 saturated heterocycles. The van der Waals surface area contributed by atoms with Crippen LogP contribution in [0, 0.1) is 5.82 Å². The van der Waals surface area contributed by atoms with Gasteiger partial charge in [0, 0.05) is 32.3 Å². The van der Waals surface area contributed by atoms with Crippen LogP contribution in [-0.4, -0.2) is 49.7 Å². The smallest absolute Gasteiger partial charge is 0.252 e. The summed E-state index contributed by atoms with van der Waals surface area (Å²) in [5.74, 6) is -0.599. The summed E-state index contributed by atoms with van der Waals surface area (Å²) in [6, 6.07) is 8.97. The first-order valence-corrected chi connectivity index (χ1v) is 10.5. The maximum absolute atomic E-state index is 13.1. The Morgan fingerprint density at radius 1 is 1.15 bits per heavy atom. The van der Waals surface area contributed by atoms with Crippen molar-refractivity contribution in [2.45, 2.75) is 4.21 Å². The number of thiophene rings is 1. The van der Waals surface area contributed by atoms with E-state index >= 15 is 0 Å². The predicted octanol–water partition coefficient (Wildman–Crippen LogP) is 3.09. The summed E-state index contributed by atoms with van der Waals surface area (Å²) in [6.45, 7) is 1.03. The summed E-state index contributed by atoms with van der Waals surface area (Å²) in [4.78, 5) is 13.8. The number of halogens is 2. The highest BCUT2D eigenvalue weighted by atomic mass is 35.5. The largest absolute Gasteiger partial charge is 0.337 e. The van der Waals surface area contributed by atoms with Crippen molar-refractivity contribution in [3.05, 3.63) is 58.2 Å². The van der Waals surface area contributed by atoms with Crippen molar-refractivity contribution in [1.29, 1.82) is 0 Å². The Morgan fingerprint density at radius 3 is 2.50 bits per heavy atom. The van der Waals surface area contributed by atoms with Gasteiger partial charge >= 0.3 is 0 Å². The van der Waals surface area contributed by atoms with E-state index in [9.17, 15) is 17.6 Å². The molecule has 9 heteroatoms. The minimum absolute atomic E-state index is 0.202. The van der Waals surface area contributed by atoms with Crippen LogP contribution < -0.4 is 0 Å². The Morgan fingerprint density at radius 2 is 1.88 bits per heavy atom. The van der Waals surface area contributed by atoms with Gasteiger partial charge in [0.15, 0.2) is 0 Å². The summed E-state index contributed by atoms with van der Waals surface area (Å²) in [5, 5.41) is 0. The third-order valence-corrected chi connectivity index (χ3v) is 7.56. The summed E-state index contributed by atoms with van der Waals surface area (Å²) in [6.07, 6.45) is 2.92. The molecule has 0 aliphatic carbocycles. The molecule has 3 rings (SSSR count). The average molecular weight is 415 g/mol. The summed E-state index contributed by atoms with van der Waals surface area (Å²) >= 11 is 6.83. The van der Waals surface area contributed by atoms with Crippen LogP contribution in [0.4, 0.5) is 4.39 Å². The molecule has 26 heavy (non-hydrogen) atoms. The number of hydrogen-bond acceptors (Lipinski definition) is 4. The Bertz CT molecular complexity index is 935. The van der Waals surface area contributed by atoms with Crippen LogP contribution in [0.1, 0.15) is 5.56 Å². The molecule has 0 bridgehead atoms. The second kappa shape index (κ2) is 7.87. The van der Waals surface area contributed by atoms with Gasteiger partial charge in [-0.3, -0.25) is 4.79 Å². The third-order valence-electron chi connectivity index (χ3n) is 3.96. The van der Waals surface area contributed by atoms with Gasteiger partial charge in [-0.25, -0.2) is 12.8 Å². The van der Waals surface area contributed by atoms with Crippen LogP contribution in [0.25, 0.3) is 6.08 Å². The second-order valence-electron chi connectivity index (χ2n) is 5.68. The molecule has 1 amide bonds. The van der Waals surface area contributed by atoms with Gasteiger partial charge in [-0.1, -0.05) is 23.7 Å². The molecule has 1 fully saturated rings. The molecule has 1 aliphatic rings. The zero-order chi connectivity index (χ0) is 18.7. The number of hydrogen-bond donors (Lipinski definition) is 0. The number of nitrogens with zero attached hydrogens (tertiary/aromatic N) is 2. The van der Waals surface area contributed by atoms with Crippen molar-refractivity contribution in [2.75, 3.05) is 26.2 Å². The van der Waals surface area contributed by atoms with Crippen molar-refractivity contribution in [2.24, 2.45) is 0 Å². The molecule has 0 radical (unpaired) electrons. The van der Waals surface area contributed by atoms with Gasteiger partial charge in [0.05, 0.1) is 4.34 Å². The lowest BCUT2D eigenvalue weighted by Gasteiger charge is -2.33. The van der Waals surface area contributed by atoms with E-state index in [-0.39, 0.29) is 29.0 Å². The summed E-state index contributed by atoms with van der Waals surface area (Å²) < 4.78 is 40.2. The molecular formula is C17H16ClFN2O3S2. The van der Waals surface area contributed by atoms with Crippen molar-refractivity contribution in [3.63, 3.8) is 0 Å². The van der Waals surface area contributed by atoms with E-state index < -0.39 is 10.0 Å². The lowest BCUT2D eigenvalue weighted by atomic mass is 10.2. The molecule has 138 valence electrons. The van der Waals surface area contributed by atoms with Gasteiger partial charge in [0.1, 0.15) is 10.0 Å². The maximum Gasteiger partial charge on any atom is 0.252 e. The minimum Gasteiger partial charge on any atom is -0.337 e. The second-order valence-corrected chi connectivity index (χ2v) is 9.56. The van der Waals surface area contributed by atoms with Gasteiger partial charge in [0.25, 0.3) is 10.0 Å². The van der Waals surface area contributed by atoms with Crippen LogP contribution in [0.15, 0.2) is 46.7 Å². The molecule has 2 aromatic rings. The van der Waals surface area contributed by atoms with Gasteiger partial charge in [-0.2, -0.15) is 4.31 Å². The average Bonchev–Trinajstić information content (AvgIpc) is 3.07.